The maximum absolute atomic E-state index is 9.88. The van der Waals surface area contributed by atoms with Crippen LogP contribution in [-0.2, 0) is 0 Å². The van der Waals surface area contributed by atoms with E-state index in [9.17, 15) is 5.11 Å². The second-order valence-corrected chi connectivity index (χ2v) is 4.91. The average Bonchev–Trinajstić information content (AvgIpc) is 2.48. The Labute approximate surface area is 126 Å². The molecule has 0 aliphatic heterocycles. The number of methoxy groups -OCH3 is 1. The van der Waals surface area contributed by atoms with E-state index in [2.05, 4.69) is 11.9 Å². The molecule has 0 unspecified atom stereocenters. The first-order valence-electron chi connectivity index (χ1n) is 7.03. The van der Waals surface area contributed by atoms with Crippen LogP contribution >= 0.6 is 0 Å². The summed E-state index contributed by atoms with van der Waals surface area (Å²) in [6, 6.07) is 5.71. The third-order valence-corrected chi connectivity index (χ3v) is 2.70. The Morgan fingerprint density at radius 2 is 2.00 bits per heavy atom. The first-order chi connectivity index (χ1) is 10.1. The summed E-state index contributed by atoms with van der Waals surface area (Å²) in [5, 5.41) is 13.0. The van der Waals surface area contributed by atoms with Crippen LogP contribution in [0.25, 0.3) is 0 Å². The molecule has 0 bridgehead atoms. The fourth-order valence-electron chi connectivity index (χ4n) is 1.67. The van der Waals surface area contributed by atoms with Gasteiger partial charge in [-0.3, -0.25) is 0 Å². The molecule has 0 aliphatic carbocycles. The van der Waals surface area contributed by atoms with Gasteiger partial charge in [0.05, 0.1) is 7.11 Å². The highest BCUT2D eigenvalue weighted by Gasteiger charge is 2.13. The molecule has 0 saturated carbocycles. The Morgan fingerprint density at radius 1 is 1.29 bits per heavy atom. The van der Waals surface area contributed by atoms with Gasteiger partial charge in [-0.1, -0.05) is 32.6 Å². The van der Waals surface area contributed by atoms with Crippen molar-refractivity contribution in [2.45, 2.75) is 26.0 Å². The lowest BCUT2D eigenvalue weighted by Crippen LogP contribution is -2.35. The molecule has 0 aliphatic rings. The molecule has 0 spiro atoms. The van der Waals surface area contributed by atoms with Crippen LogP contribution in [0.1, 0.15) is 13.8 Å². The summed E-state index contributed by atoms with van der Waals surface area (Å²) in [5.41, 5.74) is 0. The monoisotopic (exact) mass is 295 g/mol. The second-order valence-electron chi connectivity index (χ2n) is 4.91. The number of aliphatic hydroxyl groups excluding tert-OH is 1. The molecule has 5 nitrogen and oxygen atoms in total. The first kappa shape index (κ1) is 17.3. The fraction of sp³-hybridized carbons (Fsp3) is 0.500. The number of rotatable bonds is 10. The second kappa shape index (κ2) is 9.26. The highest BCUT2D eigenvalue weighted by molar-refractivity contribution is 5.51. The molecular weight excluding hydrogens is 270 g/mol. The molecule has 0 amide bonds. The molecule has 1 aromatic rings. The molecule has 5 heteroatoms. The van der Waals surface area contributed by atoms with E-state index < -0.39 is 6.10 Å². The van der Waals surface area contributed by atoms with Crippen LogP contribution in [0.3, 0.4) is 0 Å². The summed E-state index contributed by atoms with van der Waals surface area (Å²) in [7, 11) is 1.57. The molecule has 118 valence electrons. The third-order valence-electron chi connectivity index (χ3n) is 2.70. The van der Waals surface area contributed by atoms with Gasteiger partial charge in [0, 0.05) is 12.6 Å². The minimum atomic E-state index is -0.592. The SMILES string of the molecule is C=CCOc1c(OC)cccc1OC[C@H](O)CNC(C)C. The van der Waals surface area contributed by atoms with Crippen LogP contribution in [0.15, 0.2) is 30.9 Å². The zero-order valence-corrected chi connectivity index (χ0v) is 13.0. The first-order valence-corrected chi connectivity index (χ1v) is 7.03. The van der Waals surface area contributed by atoms with Gasteiger partial charge in [0.1, 0.15) is 19.3 Å². The van der Waals surface area contributed by atoms with Crippen LogP contribution in [0.2, 0.25) is 0 Å². The van der Waals surface area contributed by atoms with Crippen molar-refractivity contribution in [3.63, 3.8) is 0 Å². The minimum absolute atomic E-state index is 0.178. The summed E-state index contributed by atoms with van der Waals surface area (Å²) in [4.78, 5) is 0. The Morgan fingerprint density at radius 3 is 2.62 bits per heavy atom. The van der Waals surface area contributed by atoms with Gasteiger partial charge in [-0.2, -0.15) is 0 Å². The van der Waals surface area contributed by atoms with Crippen molar-refractivity contribution >= 4 is 0 Å². The van der Waals surface area contributed by atoms with Crippen LogP contribution < -0.4 is 19.5 Å². The predicted octanol–water partition coefficient (Wildman–Crippen LogP) is 2.00. The highest BCUT2D eigenvalue weighted by Crippen LogP contribution is 2.37. The molecule has 0 aromatic heterocycles. The van der Waals surface area contributed by atoms with Crippen molar-refractivity contribution in [2.24, 2.45) is 0 Å². The Hall–Kier alpha value is -1.72. The largest absolute Gasteiger partial charge is 0.493 e. The van der Waals surface area contributed by atoms with Gasteiger partial charge in [-0.15, -0.1) is 0 Å². The van der Waals surface area contributed by atoms with Gasteiger partial charge in [0.15, 0.2) is 11.5 Å². The van der Waals surface area contributed by atoms with Crippen molar-refractivity contribution in [1.29, 1.82) is 0 Å². The molecule has 21 heavy (non-hydrogen) atoms. The van der Waals surface area contributed by atoms with Crippen LogP contribution in [0, 0.1) is 0 Å². The summed E-state index contributed by atoms with van der Waals surface area (Å²) in [6.07, 6.45) is 1.06. The summed E-state index contributed by atoms with van der Waals surface area (Å²) < 4.78 is 16.5. The number of para-hydroxylation sites is 1. The standard InChI is InChI=1S/C16H25NO4/c1-5-9-20-16-14(19-4)7-6-8-15(16)21-11-13(18)10-17-12(2)3/h5-8,12-13,17-18H,1,9-11H2,2-4H3/t13-/m1/s1. The lowest BCUT2D eigenvalue weighted by atomic mass is 10.3. The molecule has 0 radical (unpaired) electrons. The number of hydrogen-bond donors (Lipinski definition) is 2. The number of ether oxygens (including phenoxy) is 3. The van der Waals surface area contributed by atoms with Gasteiger partial charge in [0.2, 0.25) is 5.75 Å². The van der Waals surface area contributed by atoms with Crippen molar-refractivity contribution in [1.82, 2.24) is 5.32 Å². The van der Waals surface area contributed by atoms with Crippen LogP contribution in [-0.4, -0.2) is 44.1 Å². The van der Waals surface area contributed by atoms with Crippen LogP contribution in [0.4, 0.5) is 0 Å². The Balaban J connectivity index is 2.66. The molecule has 0 fully saturated rings. The molecular formula is C16H25NO4. The summed E-state index contributed by atoms with van der Waals surface area (Å²) in [5.74, 6) is 1.65. The number of benzene rings is 1. The van der Waals surface area contributed by atoms with E-state index in [1.807, 2.05) is 19.9 Å². The van der Waals surface area contributed by atoms with Crippen molar-refractivity contribution < 1.29 is 19.3 Å². The maximum atomic E-state index is 9.88. The number of nitrogens with one attached hydrogen (secondary N) is 1. The molecule has 2 N–H and O–H groups in total. The van der Waals surface area contributed by atoms with Gasteiger partial charge in [-0.05, 0) is 12.1 Å². The van der Waals surface area contributed by atoms with E-state index in [0.717, 1.165) is 0 Å². The quantitative estimate of drug-likeness (QED) is 0.647. The normalized spacial score (nSPS) is 12.0. The van der Waals surface area contributed by atoms with E-state index in [4.69, 9.17) is 14.2 Å². The fourth-order valence-corrected chi connectivity index (χ4v) is 1.67. The minimum Gasteiger partial charge on any atom is -0.493 e. The van der Waals surface area contributed by atoms with Crippen molar-refractivity contribution in [3.05, 3.63) is 30.9 Å². The average molecular weight is 295 g/mol. The lowest BCUT2D eigenvalue weighted by molar-refractivity contribution is 0.102. The summed E-state index contributed by atoms with van der Waals surface area (Å²) in [6.45, 7) is 8.68. The number of aliphatic hydroxyl groups is 1. The topological polar surface area (TPSA) is 60.0 Å². The summed E-state index contributed by atoms with van der Waals surface area (Å²) >= 11 is 0. The predicted molar refractivity (Wildman–Crippen MR) is 83.3 cm³/mol. The van der Waals surface area contributed by atoms with Gasteiger partial charge >= 0.3 is 0 Å². The highest BCUT2D eigenvalue weighted by atomic mass is 16.5. The molecule has 0 heterocycles. The van der Waals surface area contributed by atoms with E-state index >= 15 is 0 Å². The Bertz CT molecular complexity index is 434. The van der Waals surface area contributed by atoms with E-state index in [1.165, 1.54) is 0 Å². The molecule has 1 atom stereocenters. The van der Waals surface area contributed by atoms with Gasteiger partial charge in [-0.25, -0.2) is 0 Å². The van der Waals surface area contributed by atoms with Crippen molar-refractivity contribution in [2.75, 3.05) is 26.9 Å². The smallest absolute Gasteiger partial charge is 0.203 e. The molecule has 0 saturated heterocycles. The number of hydrogen-bond acceptors (Lipinski definition) is 5. The third kappa shape index (κ3) is 6.06. The van der Waals surface area contributed by atoms with Gasteiger partial charge in [0.25, 0.3) is 0 Å². The van der Waals surface area contributed by atoms with Crippen LogP contribution in [0.5, 0.6) is 17.2 Å². The lowest BCUT2D eigenvalue weighted by Gasteiger charge is -2.18. The van der Waals surface area contributed by atoms with E-state index in [0.29, 0.717) is 36.4 Å². The zero-order chi connectivity index (χ0) is 15.7. The molecule has 1 aromatic carbocycles. The maximum Gasteiger partial charge on any atom is 0.203 e. The Kier molecular flexibility index (Phi) is 7.64. The van der Waals surface area contributed by atoms with E-state index in [-0.39, 0.29) is 6.61 Å². The van der Waals surface area contributed by atoms with Gasteiger partial charge < -0.3 is 24.6 Å². The molecule has 1 rings (SSSR count). The zero-order valence-electron chi connectivity index (χ0n) is 13.0. The van der Waals surface area contributed by atoms with E-state index in [1.54, 1.807) is 25.3 Å². The van der Waals surface area contributed by atoms with Crippen molar-refractivity contribution in [3.8, 4) is 17.2 Å².